The van der Waals surface area contributed by atoms with Crippen LogP contribution >= 0.6 is 0 Å². The number of ether oxygens (including phenoxy) is 2. The first-order valence-electron chi connectivity index (χ1n) is 8.48. The summed E-state index contributed by atoms with van der Waals surface area (Å²) in [6, 6.07) is 12.9. The first-order chi connectivity index (χ1) is 12.5. The van der Waals surface area contributed by atoms with Crippen molar-refractivity contribution in [3.63, 3.8) is 0 Å². The summed E-state index contributed by atoms with van der Waals surface area (Å²) in [4.78, 5) is 11.4. The lowest BCUT2D eigenvalue weighted by molar-refractivity contribution is -0.273. The molecule has 0 bridgehead atoms. The molecule has 140 valence electrons. The first-order valence-corrected chi connectivity index (χ1v) is 8.48. The Bertz CT molecular complexity index is 767. The van der Waals surface area contributed by atoms with E-state index in [1.165, 1.54) is 6.92 Å². The Morgan fingerprint density at radius 1 is 1.15 bits per heavy atom. The van der Waals surface area contributed by atoms with Gasteiger partial charge in [0, 0.05) is 6.92 Å². The predicted molar refractivity (Wildman–Crippen MR) is 94.1 cm³/mol. The van der Waals surface area contributed by atoms with Crippen molar-refractivity contribution in [2.24, 2.45) is 0 Å². The molecule has 5 atom stereocenters. The Hall–Kier alpha value is -2.03. The van der Waals surface area contributed by atoms with E-state index in [9.17, 15) is 20.1 Å². The summed E-state index contributed by atoms with van der Waals surface area (Å²) in [5.74, 6) is -0.383. The number of benzene rings is 2. The topological polar surface area (TPSA) is 108 Å². The van der Waals surface area contributed by atoms with Gasteiger partial charge in [0.25, 0.3) is 0 Å². The molecule has 1 heterocycles. The molecule has 1 fully saturated rings. The molecule has 1 saturated heterocycles. The van der Waals surface area contributed by atoms with Crippen LogP contribution in [0.4, 0.5) is 0 Å². The summed E-state index contributed by atoms with van der Waals surface area (Å²) < 4.78 is 11.3. The van der Waals surface area contributed by atoms with Gasteiger partial charge in [-0.3, -0.25) is 4.79 Å². The Balaban J connectivity index is 1.74. The van der Waals surface area contributed by atoms with Crippen LogP contribution in [0.25, 0.3) is 10.8 Å². The van der Waals surface area contributed by atoms with Crippen molar-refractivity contribution in [1.82, 2.24) is 5.32 Å². The molecule has 7 nitrogen and oxygen atoms in total. The number of rotatable bonds is 5. The molecule has 2 aromatic rings. The number of amides is 1. The van der Waals surface area contributed by atoms with Crippen molar-refractivity contribution < 1.29 is 29.6 Å². The van der Waals surface area contributed by atoms with Gasteiger partial charge in [-0.05, 0) is 22.4 Å². The molecule has 0 unspecified atom stereocenters. The van der Waals surface area contributed by atoms with Gasteiger partial charge in [-0.15, -0.1) is 0 Å². The largest absolute Gasteiger partial charge is 0.394 e. The highest BCUT2D eigenvalue weighted by molar-refractivity contribution is 5.82. The van der Waals surface area contributed by atoms with Crippen LogP contribution in [0.15, 0.2) is 42.5 Å². The Morgan fingerprint density at radius 2 is 1.88 bits per heavy atom. The minimum Gasteiger partial charge on any atom is -0.394 e. The van der Waals surface area contributed by atoms with Crippen LogP contribution in [-0.4, -0.2) is 58.5 Å². The Labute approximate surface area is 151 Å². The van der Waals surface area contributed by atoms with Gasteiger partial charge in [-0.2, -0.15) is 0 Å². The SMILES string of the molecule is CC(=O)N[C@@H]1[C@@H](OCc2ccc3ccccc3c2)O[C@@H](CO)[C@@H](O)[C@H]1O. The van der Waals surface area contributed by atoms with Crippen molar-refractivity contribution in [3.05, 3.63) is 48.0 Å². The van der Waals surface area contributed by atoms with Gasteiger partial charge >= 0.3 is 0 Å². The second kappa shape index (κ2) is 8.11. The molecule has 4 N–H and O–H groups in total. The van der Waals surface area contributed by atoms with Gasteiger partial charge in [-0.1, -0.05) is 36.4 Å². The highest BCUT2D eigenvalue weighted by Gasteiger charge is 2.45. The number of carbonyl (C=O) groups excluding carboxylic acids is 1. The number of hydrogen-bond acceptors (Lipinski definition) is 6. The Kier molecular flexibility index (Phi) is 5.85. The standard InChI is InChI=1S/C19H23NO6/c1-11(22)20-16-18(24)17(23)15(9-21)26-19(16)25-10-12-6-7-13-4-2-3-5-14(13)8-12/h2-8,15-19,21,23-24H,9-10H2,1H3,(H,20,22)/t15-,16-,17+,18-,19-/m0/s1. The molecule has 7 heteroatoms. The van der Waals surface area contributed by atoms with Gasteiger partial charge in [0.05, 0.1) is 13.2 Å². The van der Waals surface area contributed by atoms with Crippen LogP contribution < -0.4 is 5.32 Å². The van der Waals surface area contributed by atoms with E-state index in [1.807, 2.05) is 42.5 Å². The number of hydrogen-bond donors (Lipinski definition) is 4. The van der Waals surface area contributed by atoms with Gasteiger partial charge in [-0.25, -0.2) is 0 Å². The maximum atomic E-state index is 11.4. The predicted octanol–water partition coefficient (Wildman–Crippen LogP) is 0.300. The van der Waals surface area contributed by atoms with E-state index in [2.05, 4.69) is 5.32 Å². The highest BCUT2D eigenvalue weighted by atomic mass is 16.7. The van der Waals surface area contributed by atoms with Gasteiger partial charge in [0.2, 0.25) is 5.91 Å². The molecule has 0 aromatic heterocycles. The van der Waals surface area contributed by atoms with Crippen molar-refractivity contribution in [2.75, 3.05) is 6.61 Å². The third-order valence-corrected chi connectivity index (χ3v) is 4.48. The zero-order valence-electron chi connectivity index (χ0n) is 14.4. The van der Waals surface area contributed by atoms with E-state index >= 15 is 0 Å². The van der Waals surface area contributed by atoms with Gasteiger partial charge < -0.3 is 30.1 Å². The van der Waals surface area contributed by atoms with Gasteiger partial charge in [0.1, 0.15) is 24.4 Å². The number of fused-ring (bicyclic) bond motifs is 1. The normalized spacial score (nSPS) is 28.8. The van der Waals surface area contributed by atoms with Crippen LogP contribution in [-0.2, 0) is 20.9 Å². The molecule has 1 aliphatic rings. The maximum Gasteiger partial charge on any atom is 0.217 e. The van der Waals surface area contributed by atoms with Crippen molar-refractivity contribution in [3.8, 4) is 0 Å². The number of nitrogens with one attached hydrogen (secondary N) is 1. The van der Waals surface area contributed by atoms with E-state index in [4.69, 9.17) is 9.47 Å². The zero-order chi connectivity index (χ0) is 18.7. The summed E-state index contributed by atoms with van der Waals surface area (Å²) >= 11 is 0. The van der Waals surface area contributed by atoms with E-state index in [0.717, 1.165) is 16.3 Å². The van der Waals surface area contributed by atoms with E-state index in [0.29, 0.717) is 0 Å². The van der Waals surface area contributed by atoms with E-state index in [1.54, 1.807) is 0 Å². The minimum absolute atomic E-state index is 0.187. The third kappa shape index (κ3) is 4.03. The smallest absolute Gasteiger partial charge is 0.217 e. The monoisotopic (exact) mass is 361 g/mol. The minimum atomic E-state index is -1.32. The van der Waals surface area contributed by atoms with E-state index < -0.39 is 37.3 Å². The lowest BCUT2D eigenvalue weighted by atomic mass is 9.97. The molecule has 1 aliphatic heterocycles. The quantitative estimate of drug-likeness (QED) is 0.610. The molecule has 0 aliphatic carbocycles. The molecule has 0 spiro atoms. The van der Waals surface area contributed by atoms with Crippen LogP contribution in [0.3, 0.4) is 0 Å². The van der Waals surface area contributed by atoms with E-state index in [-0.39, 0.29) is 12.5 Å². The fraction of sp³-hybridized carbons (Fsp3) is 0.421. The number of aliphatic hydroxyl groups is 3. The molecule has 2 aromatic carbocycles. The Morgan fingerprint density at radius 3 is 2.58 bits per heavy atom. The summed E-state index contributed by atoms with van der Waals surface area (Å²) in [6.45, 7) is 1.02. The maximum absolute atomic E-state index is 11.4. The molecule has 0 radical (unpaired) electrons. The number of aliphatic hydroxyl groups excluding tert-OH is 3. The summed E-state index contributed by atoms with van der Waals surface area (Å²) in [7, 11) is 0. The fourth-order valence-corrected chi connectivity index (χ4v) is 3.12. The van der Waals surface area contributed by atoms with Gasteiger partial charge in [0.15, 0.2) is 6.29 Å². The third-order valence-electron chi connectivity index (χ3n) is 4.48. The first kappa shape index (κ1) is 18.8. The molecule has 3 rings (SSSR count). The lowest BCUT2D eigenvalue weighted by Crippen LogP contribution is -2.64. The average Bonchev–Trinajstić information content (AvgIpc) is 2.64. The highest BCUT2D eigenvalue weighted by Crippen LogP contribution is 2.24. The molecule has 26 heavy (non-hydrogen) atoms. The lowest BCUT2D eigenvalue weighted by Gasteiger charge is -2.42. The van der Waals surface area contributed by atoms with Crippen LogP contribution in [0.2, 0.25) is 0 Å². The molecular formula is C19H23NO6. The molecule has 1 amide bonds. The second-order valence-electron chi connectivity index (χ2n) is 6.43. The van der Waals surface area contributed by atoms with Crippen LogP contribution in [0.5, 0.6) is 0 Å². The molecular weight excluding hydrogens is 338 g/mol. The summed E-state index contributed by atoms with van der Waals surface area (Å²) in [5, 5.41) is 34.3. The van der Waals surface area contributed by atoms with Crippen molar-refractivity contribution >= 4 is 16.7 Å². The summed E-state index contributed by atoms with van der Waals surface area (Å²) in [6.07, 6.45) is -4.62. The zero-order valence-corrected chi connectivity index (χ0v) is 14.4. The van der Waals surface area contributed by atoms with Crippen molar-refractivity contribution in [1.29, 1.82) is 0 Å². The molecule has 0 saturated carbocycles. The summed E-state index contributed by atoms with van der Waals surface area (Å²) in [5.41, 5.74) is 0.898. The van der Waals surface area contributed by atoms with Crippen LogP contribution in [0.1, 0.15) is 12.5 Å². The van der Waals surface area contributed by atoms with Crippen molar-refractivity contribution in [2.45, 2.75) is 44.2 Å². The number of carbonyl (C=O) groups is 1. The fourth-order valence-electron chi connectivity index (χ4n) is 3.12. The second-order valence-corrected chi connectivity index (χ2v) is 6.43. The van der Waals surface area contributed by atoms with Crippen LogP contribution in [0, 0.1) is 0 Å². The average molecular weight is 361 g/mol.